The lowest BCUT2D eigenvalue weighted by Gasteiger charge is -2.05. The van der Waals surface area contributed by atoms with E-state index in [0.29, 0.717) is 11.0 Å². The summed E-state index contributed by atoms with van der Waals surface area (Å²) in [4.78, 5) is 9.80. The Kier molecular flexibility index (Phi) is 3.46. The monoisotopic (exact) mass is 306 g/mol. The van der Waals surface area contributed by atoms with Crippen molar-refractivity contribution >= 4 is 33.8 Å². The number of ether oxygens (including phenoxy) is 2. The molecule has 0 unspecified atom stereocenters. The molecule has 6 heteroatoms. The van der Waals surface area contributed by atoms with Gasteiger partial charge in [-0.2, -0.15) is 0 Å². The van der Waals surface area contributed by atoms with Crippen molar-refractivity contribution in [2.75, 3.05) is 14.2 Å². The Morgan fingerprint density at radius 1 is 1.05 bits per heavy atom. The Morgan fingerprint density at radius 2 is 1.85 bits per heavy atom. The van der Waals surface area contributed by atoms with Gasteiger partial charge in [0.25, 0.3) is 0 Å². The van der Waals surface area contributed by atoms with Crippen LogP contribution in [0.5, 0.6) is 11.5 Å². The first kappa shape index (κ1) is 13.1. The number of aromatic nitrogens is 2. The highest BCUT2D eigenvalue weighted by Gasteiger charge is 2.11. The molecule has 0 radical (unpaired) electrons. The van der Waals surface area contributed by atoms with Crippen molar-refractivity contribution in [2.45, 2.75) is 0 Å². The van der Waals surface area contributed by atoms with E-state index in [0.717, 1.165) is 27.3 Å². The van der Waals surface area contributed by atoms with E-state index >= 15 is 0 Å². The molecule has 0 aliphatic rings. The van der Waals surface area contributed by atoms with Gasteiger partial charge in [0.05, 0.1) is 24.6 Å². The summed E-state index contributed by atoms with van der Waals surface area (Å²) in [6, 6.07) is 7.45. The van der Waals surface area contributed by atoms with Crippen LogP contribution in [-0.2, 0) is 0 Å². The highest BCUT2D eigenvalue weighted by Crippen LogP contribution is 2.32. The lowest BCUT2D eigenvalue weighted by Crippen LogP contribution is -1.91. The lowest BCUT2D eigenvalue weighted by molar-refractivity contribution is 0.415. The Labute approximate surface area is 125 Å². The van der Waals surface area contributed by atoms with Crippen molar-refractivity contribution in [2.24, 2.45) is 0 Å². The normalized spacial score (nSPS) is 10.8. The molecule has 0 spiro atoms. The molecule has 0 aliphatic heterocycles. The third-order valence-corrected chi connectivity index (χ3v) is 4.08. The molecule has 3 rings (SSSR count). The smallest absolute Gasteiger partial charge is 0.171 e. The van der Waals surface area contributed by atoms with Crippen LogP contribution in [0, 0.1) is 0 Å². The van der Waals surface area contributed by atoms with E-state index in [4.69, 9.17) is 21.1 Å². The lowest BCUT2D eigenvalue weighted by atomic mass is 10.2. The fraction of sp³-hybridized carbons (Fsp3) is 0.143. The Bertz CT molecular complexity index is 773. The average molecular weight is 307 g/mol. The summed E-state index contributed by atoms with van der Waals surface area (Å²) < 4.78 is 10.4. The topological polar surface area (TPSA) is 44.2 Å². The van der Waals surface area contributed by atoms with E-state index in [1.807, 2.05) is 29.6 Å². The number of methoxy groups -OCH3 is 2. The summed E-state index contributed by atoms with van der Waals surface area (Å²) in [5, 5.41) is 3.10. The number of rotatable bonds is 3. The Balaban J connectivity index is 2.14. The van der Waals surface area contributed by atoms with Crippen LogP contribution in [0.3, 0.4) is 0 Å². The number of thiophene rings is 1. The summed E-state index contributed by atoms with van der Waals surface area (Å²) in [7, 11) is 3.24. The molecule has 0 aliphatic carbocycles. The number of nitrogens with zero attached hydrogens (tertiary/aromatic N) is 2. The van der Waals surface area contributed by atoms with Crippen LogP contribution in [0.25, 0.3) is 21.6 Å². The minimum Gasteiger partial charge on any atom is -0.497 e. The molecule has 0 saturated carbocycles. The minimum atomic E-state index is 0.413. The van der Waals surface area contributed by atoms with Crippen LogP contribution in [-0.4, -0.2) is 24.2 Å². The van der Waals surface area contributed by atoms with Gasteiger partial charge in [-0.3, -0.25) is 0 Å². The van der Waals surface area contributed by atoms with Crippen molar-refractivity contribution in [1.29, 1.82) is 0 Å². The molecule has 4 nitrogen and oxygen atoms in total. The summed E-state index contributed by atoms with van der Waals surface area (Å²) in [6.45, 7) is 0. The maximum absolute atomic E-state index is 6.25. The van der Waals surface area contributed by atoms with E-state index in [2.05, 4.69) is 9.97 Å². The van der Waals surface area contributed by atoms with Crippen molar-refractivity contribution in [1.82, 2.24) is 9.97 Å². The second kappa shape index (κ2) is 5.26. The maximum Gasteiger partial charge on any atom is 0.171 e. The first-order chi connectivity index (χ1) is 9.71. The van der Waals surface area contributed by atoms with Crippen LogP contribution in [0.4, 0.5) is 0 Å². The second-order valence-electron chi connectivity index (χ2n) is 4.07. The van der Waals surface area contributed by atoms with Gasteiger partial charge in [0.15, 0.2) is 5.82 Å². The van der Waals surface area contributed by atoms with Gasteiger partial charge < -0.3 is 9.47 Å². The van der Waals surface area contributed by atoms with Crippen LogP contribution in [0.1, 0.15) is 0 Å². The first-order valence-corrected chi connectivity index (χ1v) is 7.11. The standard InChI is InChI=1S/C14H11ClN2O2S/c1-18-8-3-4-11-10(5-8)13(15)17-14(16-11)12-6-9(19-2)7-20-12/h3-7H,1-2H3. The van der Waals surface area contributed by atoms with Gasteiger partial charge in [-0.1, -0.05) is 11.6 Å². The third-order valence-electron chi connectivity index (χ3n) is 2.89. The number of hydrogen-bond donors (Lipinski definition) is 0. The van der Waals surface area contributed by atoms with Crippen molar-refractivity contribution in [3.8, 4) is 22.2 Å². The molecule has 1 aromatic carbocycles. The van der Waals surface area contributed by atoms with Crippen molar-refractivity contribution in [3.05, 3.63) is 34.8 Å². The zero-order chi connectivity index (χ0) is 14.1. The predicted molar refractivity (Wildman–Crippen MR) is 81.0 cm³/mol. The van der Waals surface area contributed by atoms with Gasteiger partial charge in [-0.05, 0) is 18.2 Å². The highest BCUT2D eigenvalue weighted by atomic mass is 35.5. The molecule has 0 saturated heterocycles. The molecule has 0 amide bonds. The van der Waals surface area contributed by atoms with Crippen LogP contribution in [0.15, 0.2) is 29.6 Å². The van der Waals surface area contributed by atoms with Gasteiger partial charge >= 0.3 is 0 Å². The predicted octanol–water partition coefficient (Wildman–Crippen LogP) is 4.03. The molecule has 3 aromatic rings. The third kappa shape index (κ3) is 2.30. The van der Waals surface area contributed by atoms with E-state index in [9.17, 15) is 0 Å². The molecule has 102 valence electrons. The van der Waals surface area contributed by atoms with E-state index in [-0.39, 0.29) is 0 Å². The van der Waals surface area contributed by atoms with Crippen molar-refractivity contribution < 1.29 is 9.47 Å². The molecule has 0 bridgehead atoms. The SMILES string of the molecule is COc1csc(-c2nc(Cl)c3cc(OC)ccc3n2)c1. The average Bonchev–Trinajstić information content (AvgIpc) is 2.96. The maximum atomic E-state index is 6.25. The summed E-state index contributed by atoms with van der Waals surface area (Å²) in [6.07, 6.45) is 0. The summed E-state index contributed by atoms with van der Waals surface area (Å²) in [5.74, 6) is 2.12. The quantitative estimate of drug-likeness (QED) is 0.685. The Hall–Kier alpha value is -1.85. The van der Waals surface area contributed by atoms with Gasteiger partial charge in [-0.25, -0.2) is 9.97 Å². The Morgan fingerprint density at radius 3 is 2.55 bits per heavy atom. The number of hydrogen-bond acceptors (Lipinski definition) is 5. The van der Waals surface area contributed by atoms with Gasteiger partial charge in [0.1, 0.15) is 16.7 Å². The van der Waals surface area contributed by atoms with Crippen LogP contribution < -0.4 is 9.47 Å². The second-order valence-corrected chi connectivity index (χ2v) is 5.34. The van der Waals surface area contributed by atoms with Gasteiger partial charge in [0, 0.05) is 16.8 Å². The molecular formula is C14H11ClN2O2S. The zero-order valence-electron chi connectivity index (χ0n) is 10.9. The molecule has 0 atom stereocenters. The summed E-state index contributed by atoms with van der Waals surface area (Å²) in [5.41, 5.74) is 0.785. The highest BCUT2D eigenvalue weighted by molar-refractivity contribution is 7.13. The van der Waals surface area contributed by atoms with E-state index in [1.165, 1.54) is 11.3 Å². The largest absolute Gasteiger partial charge is 0.497 e. The molecular weight excluding hydrogens is 296 g/mol. The molecule has 2 aromatic heterocycles. The molecule has 0 fully saturated rings. The van der Waals surface area contributed by atoms with Crippen LogP contribution >= 0.6 is 22.9 Å². The fourth-order valence-corrected chi connectivity index (χ4v) is 2.87. The van der Waals surface area contributed by atoms with E-state index in [1.54, 1.807) is 14.2 Å². The summed E-state index contributed by atoms with van der Waals surface area (Å²) >= 11 is 7.77. The molecule has 20 heavy (non-hydrogen) atoms. The number of halogens is 1. The first-order valence-electron chi connectivity index (χ1n) is 5.85. The number of fused-ring (bicyclic) bond motifs is 1. The van der Waals surface area contributed by atoms with Gasteiger partial charge in [-0.15, -0.1) is 11.3 Å². The number of benzene rings is 1. The van der Waals surface area contributed by atoms with Crippen molar-refractivity contribution in [3.63, 3.8) is 0 Å². The minimum absolute atomic E-state index is 0.413. The molecule has 0 N–H and O–H groups in total. The van der Waals surface area contributed by atoms with E-state index < -0.39 is 0 Å². The fourth-order valence-electron chi connectivity index (χ4n) is 1.85. The molecule has 2 heterocycles. The van der Waals surface area contributed by atoms with Gasteiger partial charge in [0.2, 0.25) is 0 Å². The zero-order valence-corrected chi connectivity index (χ0v) is 12.5. The van der Waals surface area contributed by atoms with Crippen LogP contribution in [0.2, 0.25) is 5.15 Å².